The van der Waals surface area contributed by atoms with Crippen molar-refractivity contribution in [2.24, 2.45) is 11.8 Å². The summed E-state index contributed by atoms with van der Waals surface area (Å²) in [6.45, 7) is 0. The molecule has 4 aromatic rings. The molecule has 4 aliphatic rings. The first-order chi connectivity index (χ1) is 17.3. The molecule has 2 saturated heterocycles. The van der Waals surface area contributed by atoms with Crippen LogP contribution in [0.15, 0.2) is 60.9 Å². The average Bonchev–Trinajstić information content (AvgIpc) is 3.70. The van der Waals surface area contributed by atoms with Gasteiger partial charge in [0.05, 0.1) is 35.9 Å². The van der Waals surface area contributed by atoms with Crippen molar-refractivity contribution in [3.63, 3.8) is 0 Å². The normalized spacial score (nSPS) is 30.6. The van der Waals surface area contributed by atoms with Gasteiger partial charge < -0.3 is 20.6 Å². The molecule has 2 aliphatic heterocycles. The van der Waals surface area contributed by atoms with E-state index in [-0.39, 0.29) is 0 Å². The van der Waals surface area contributed by atoms with Crippen LogP contribution in [0.1, 0.15) is 55.8 Å². The zero-order valence-corrected chi connectivity index (χ0v) is 19.7. The minimum absolute atomic E-state index is 0.395. The summed E-state index contributed by atoms with van der Waals surface area (Å²) in [7, 11) is 0. The fourth-order valence-electron chi connectivity index (χ4n) is 6.78. The molecule has 176 valence electrons. The lowest BCUT2D eigenvalue weighted by Gasteiger charge is -2.53. The van der Waals surface area contributed by atoms with Gasteiger partial charge in [0.1, 0.15) is 11.6 Å². The molecule has 2 bridgehead atoms. The van der Waals surface area contributed by atoms with E-state index in [1.165, 1.54) is 54.4 Å². The lowest BCUT2D eigenvalue weighted by Crippen LogP contribution is -2.61. The summed E-state index contributed by atoms with van der Waals surface area (Å²) in [5.74, 6) is 3.69. The maximum Gasteiger partial charge on any atom is 0.124 e. The molecule has 2 aliphatic carbocycles. The Morgan fingerprint density at radius 2 is 1.20 bits per heavy atom. The summed E-state index contributed by atoms with van der Waals surface area (Å²) in [4.78, 5) is 16.5. The van der Waals surface area contributed by atoms with Gasteiger partial charge >= 0.3 is 0 Å². The van der Waals surface area contributed by atoms with E-state index in [9.17, 15) is 0 Å². The maximum atomic E-state index is 4.72. The van der Waals surface area contributed by atoms with Gasteiger partial charge in [-0.25, -0.2) is 9.97 Å². The van der Waals surface area contributed by atoms with Gasteiger partial charge in [-0.2, -0.15) is 0 Å². The van der Waals surface area contributed by atoms with Gasteiger partial charge in [-0.15, -0.1) is 0 Å². The molecule has 0 radical (unpaired) electrons. The average molecular weight is 463 g/mol. The predicted molar refractivity (Wildman–Crippen MR) is 136 cm³/mol. The second kappa shape index (κ2) is 7.64. The summed E-state index contributed by atoms with van der Waals surface area (Å²) in [6.07, 6.45) is 10.5. The van der Waals surface area contributed by atoms with E-state index in [2.05, 4.69) is 74.1 Å². The Morgan fingerprint density at radius 3 is 1.66 bits per heavy atom. The first kappa shape index (κ1) is 20.0. The van der Waals surface area contributed by atoms with Crippen molar-refractivity contribution < 1.29 is 0 Å². The van der Waals surface area contributed by atoms with Crippen LogP contribution in [-0.4, -0.2) is 32.0 Å². The van der Waals surface area contributed by atoms with Crippen molar-refractivity contribution in [2.75, 3.05) is 0 Å². The summed E-state index contributed by atoms with van der Waals surface area (Å²) in [6, 6.07) is 19.8. The van der Waals surface area contributed by atoms with Crippen LogP contribution in [0.25, 0.3) is 33.6 Å². The van der Waals surface area contributed by atoms with Crippen molar-refractivity contribution in [3.8, 4) is 33.6 Å². The highest BCUT2D eigenvalue weighted by atomic mass is 15.1. The van der Waals surface area contributed by atoms with Crippen LogP contribution in [0.3, 0.4) is 0 Å². The number of hydrogen-bond donors (Lipinski definition) is 4. The molecule has 6 atom stereocenters. The standard InChI is InChI=1S/C29H30N6/c1-5-18(24-14-30-28(34-24)26-20-9-10-21(13-20)32-26)6-2-16(1)17-3-7-19(8-4-17)25-15-31-29(35-25)27-22-11-12-23(22)33-27/h1-8,14-15,20-23,26-27,32-33H,9-13H2,(H,30,34)(H,31,35)/t20-,21+,22-,23?,26-,27-/m0/s1. The van der Waals surface area contributed by atoms with Gasteiger partial charge in [0.15, 0.2) is 0 Å². The Bertz CT molecular complexity index is 1370. The third kappa shape index (κ3) is 3.23. The molecule has 35 heavy (non-hydrogen) atoms. The zero-order chi connectivity index (χ0) is 22.9. The van der Waals surface area contributed by atoms with Crippen molar-refractivity contribution in [3.05, 3.63) is 72.6 Å². The molecule has 4 heterocycles. The number of fused-ring (bicyclic) bond motifs is 3. The SMILES string of the molecule is c1cc(-c2cnc([C@H]3N[C@@H]4CC[C@H]3C4)[nH]2)ccc1-c1ccc(-c2cnc([C@H]3NC4CC[C@@H]43)[nH]2)cc1. The van der Waals surface area contributed by atoms with Gasteiger partial charge in [-0.05, 0) is 66.2 Å². The maximum absolute atomic E-state index is 4.72. The molecule has 1 unspecified atom stereocenters. The van der Waals surface area contributed by atoms with E-state index in [0.717, 1.165) is 40.9 Å². The Balaban J connectivity index is 0.973. The molecule has 4 N–H and O–H groups in total. The molecular formula is C29H30N6. The Morgan fingerprint density at radius 1 is 0.600 bits per heavy atom. The second-order valence-electron chi connectivity index (χ2n) is 10.9. The molecule has 2 aromatic carbocycles. The lowest BCUT2D eigenvalue weighted by atomic mass is 9.67. The van der Waals surface area contributed by atoms with Crippen LogP contribution in [0.5, 0.6) is 0 Å². The lowest BCUT2D eigenvalue weighted by molar-refractivity contribution is 0.0366. The highest BCUT2D eigenvalue weighted by molar-refractivity contribution is 5.71. The summed E-state index contributed by atoms with van der Waals surface area (Å²) >= 11 is 0. The number of nitrogens with one attached hydrogen (secondary N) is 4. The number of aromatic nitrogens is 4. The van der Waals surface area contributed by atoms with E-state index in [1.807, 2.05) is 12.4 Å². The van der Waals surface area contributed by atoms with E-state index in [1.54, 1.807) is 0 Å². The first-order valence-electron chi connectivity index (χ1n) is 13.1. The van der Waals surface area contributed by atoms with Gasteiger partial charge in [0.25, 0.3) is 0 Å². The minimum Gasteiger partial charge on any atom is -0.341 e. The number of piperidine rings is 2. The first-order valence-corrected chi connectivity index (χ1v) is 13.1. The van der Waals surface area contributed by atoms with E-state index >= 15 is 0 Å². The number of H-pyrrole nitrogens is 2. The topological polar surface area (TPSA) is 81.4 Å². The molecule has 2 aromatic heterocycles. The summed E-state index contributed by atoms with van der Waals surface area (Å²) in [5.41, 5.74) is 6.97. The van der Waals surface area contributed by atoms with E-state index in [4.69, 9.17) is 4.98 Å². The van der Waals surface area contributed by atoms with Gasteiger partial charge in [0.2, 0.25) is 0 Å². The number of imidazole rings is 2. The zero-order valence-electron chi connectivity index (χ0n) is 19.7. The number of hydrogen-bond acceptors (Lipinski definition) is 4. The van der Waals surface area contributed by atoms with Crippen molar-refractivity contribution >= 4 is 0 Å². The predicted octanol–water partition coefficient (Wildman–Crippen LogP) is 5.37. The second-order valence-corrected chi connectivity index (χ2v) is 10.9. The van der Waals surface area contributed by atoms with Crippen LogP contribution in [-0.2, 0) is 0 Å². The Hall–Kier alpha value is -3.22. The van der Waals surface area contributed by atoms with Gasteiger partial charge in [-0.1, -0.05) is 48.5 Å². The molecule has 6 heteroatoms. The molecular weight excluding hydrogens is 432 g/mol. The van der Waals surface area contributed by atoms with Crippen molar-refractivity contribution in [2.45, 2.75) is 56.3 Å². The fourth-order valence-corrected chi connectivity index (χ4v) is 6.78. The van der Waals surface area contributed by atoms with E-state index in [0.29, 0.717) is 18.1 Å². The van der Waals surface area contributed by atoms with Gasteiger partial charge in [0, 0.05) is 12.1 Å². The van der Waals surface area contributed by atoms with Crippen LogP contribution in [0.4, 0.5) is 0 Å². The van der Waals surface area contributed by atoms with Crippen LogP contribution in [0, 0.1) is 11.8 Å². The summed E-state index contributed by atoms with van der Waals surface area (Å²) < 4.78 is 0. The van der Waals surface area contributed by atoms with Crippen LogP contribution in [0.2, 0.25) is 0 Å². The van der Waals surface area contributed by atoms with Crippen molar-refractivity contribution in [1.82, 2.24) is 30.6 Å². The molecule has 2 saturated carbocycles. The van der Waals surface area contributed by atoms with Crippen molar-refractivity contribution in [1.29, 1.82) is 0 Å². The highest BCUT2D eigenvalue weighted by Crippen LogP contribution is 2.46. The molecule has 6 nitrogen and oxygen atoms in total. The van der Waals surface area contributed by atoms with E-state index < -0.39 is 0 Å². The quantitative estimate of drug-likeness (QED) is 0.321. The third-order valence-electron chi connectivity index (χ3n) is 9.01. The number of aromatic amines is 2. The molecule has 0 spiro atoms. The third-order valence-corrected chi connectivity index (χ3v) is 9.01. The van der Waals surface area contributed by atoms with Gasteiger partial charge in [-0.3, -0.25) is 0 Å². The molecule has 4 fully saturated rings. The Kier molecular flexibility index (Phi) is 4.37. The summed E-state index contributed by atoms with van der Waals surface area (Å²) in [5, 5.41) is 7.36. The number of benzene rings is 2. The monoisotopic (exact) mass is 462 g/mol. The Labute approximate surface area is 205 Å². The largest absolute Gasteiger partial charge is 0.341 e. The number of rotatable bonds is 5. The number of nitrogens with zero attached hydrogens (tertiary/aromatic N) is 2. The highest BCUT2D eigenvalue weighted by Gasteiger charge is 2.48. The fraction of sp³-hybridized carbons (Fsp3) is 0.379. The van der Waals surface area contributed by atoms with Crippen LogP contribution >= 0.6 is 0 Å². The molecule has 0 amide bonds. The minimum atomic E-state index is 0.395. The molecule has 8 rings (SSSR count). The smallest absolute Gasteiger partial charge is 0.124 e. The van der Waals surface area contributed by atoms with Crippen LogP contribution < -0.4 is 10.6 Å².